The van der Waals surface area contributed by atoms with Crippen LogP contribution < -0.4 is 10.2 Å². The minimum Gasteiger partial charge on any atom is -0.339 e. The third-order valence-electron chi connectivity index (χ3n) is 4.32. The largest absolute Gasteiger partial charge is 0.339 e. The molecule has 3 rings (SSSR count). The Morgan fingerprint density at radius 2 is 1.95 bits per heavy atom. The van der Waals surface area contributed by atoms with Gasteiger partial charge >= 0.3 is 0 Å². The zero-order valence-electron chi connectivity index (χ0n) is 12.1. The number of hydrogen-bond acceptors (Lipinski definition) is 5. The van der Waals surface area contributed by atoms with Crippen LogP contribution in [0.1, 0.15) is 13.3 Å². The van der Waals surface area contributed by atoms with E-state index in [2.05, 4.69) is 43.0 Å². The molecule has 7 heteroatoms. The third-order valence-corrected chi connectivity index (χ3v) is 4.73. The second-order valence-corrected chi connectivity index (χ2v) is 6.57. The lowest BCUT2D eigenvalue weighted by molar-refractivity contribution is -0.136. The Labute approximate surface area is 133 Å². The first-order valence-corrected chi connectivity index (χ1v) is 8.19. The standard InChI is InChI=1S/C14H20BrN5O/c1-10-12(2-3-16-10)13(21)19-4-6-20(7-5-19)14-17-8-11(15)9-18-14/h8-10,12,16H,2-7H2,1H3. The van der Waals surface area contributed by atoms with Crippen LogP contribution in [0.5, 0.6) is 0 Å². The van der Waals surface area contributed by atoms with Crippen LogP contribution in [-0.4, -0.2) is 59.5 Å². The van der Waals surface area contributed by atoms with Gasteiger partial charge in [0.25, 0.3) is 0 Å². The number of carbonyl (C=O) groups is 1. The molecule has 114 valence electrons. The van der Waals surface area contributed by atoms with Crippen LogP contribution in [0.2, 0.25) is 0 Å². The van der Waals surface area contributed by atoms with Crippen LogP contribution in [0, 0.1) is 5.92 Å². The van der Waals surface area contributed by atoms with Crippen molar-refractivity contribution in [1.82, 2.24) is 20.2 Å². The maximum absolute atomic E-state index is 12.5. The van der Waals surface area contributed by atoms with Crippen molar-refractivity contribution in [2.45, 2.75) is 19.4 Å². The van der Waals surface area contributed by atoms with Crippen molar-refractivity contribution >= 4 is 27.8 Å². The molecule has 6 nitrogen and oxygen atoms in total. The first kappa shape index (κ1) is 14.7. The molecule has 2 fully saturated rings. The highest BCUT2D eigenvalue weighted by Crippen LogP contribution is 2.20. The number of rotatable bonds is 2. The molecule has 0 radical (unpaired) electrons. The first-order chi connectivity index (χ1) is 10.1. The van der Waals surface area contributed by atoms with E-state index in [9.17, 15) is 4.79 Å². The Kier molecular flexibility index (Phi) is 4.40. The molecule has 21 heavy (non-hydrogen) atoms. The lowest BCUT2D eigenvalue weighted by atomic mass is 10.00. The molecule has 0 spiro atoms. The number of anilines is 1. The van der Waals surface area contributed by atoms with Crippen LogP contribution in [0.25, 0.3) is 0 Å². The SMILES string of the molecule is CC1NCCC1C(=O)N1CCN(c2ncc(Br)cn2)CC1. The summed E-state index contributed by atoms with van der Waals surface area (Å²) >= 11 is 3.34. The Morgan fingerprint density at radius 3 is 2.52 bits per heavy atom. The number of amides is 1. The summed E-state index contributed by atoms with van der Waals surface area (Å²) < 4.78 is 0.878. The average molecular weight is 354 g/mol. The summed E-state index contributed by atoms with van der Waals surface area (Å²) in [6.45, 7) is 6.14. The van der Waals surface area contributed by atoms with Crippen LogP contribution in [-0.2, 0) is 4.79 Å². The molecule has 1 amide bonds. The topological polar surface area (TPSA) is 61.4 Å². The molecular weight excluding hydrogens is 334 g/mol. The first-order valence-electron chi connectivity index (χ1n) is 7.40. The number of carbonyl (C=O) groups excluding carboxylic acids is 1. The average Bonchev–Trinajstić information content (AvgIpc) is 2.94. The lowest BCUT2D eigenvalue weighted by Gasteiger charge is -2.36. The van der Waals surface area contributed by atoms with Crippen molar-refractivity contribution in [1.29, 1.82) is 0 Å². The maximum Gasteiger partial charge on any atom is 0.227 e. The van der Waals surface area contributed by atoms with Gasteiger partial charge in [-0.2, -0.15) is 0 Å². The van der Waals surface area contributed by atoms with Crippen molar-refractivity contribution in [2.75, 3.05) is 37.6 Å². The Morgan fingerprint density at radius 1 is 1.29 bits per heavy atom. The normalized spacial score (nSPS) is 26.2. The summed E-state index contributed by atoms with van der Waals surface area (Å²) in [6, 6.07) is 0.297. The summed E-state index contributed by atoms with van der Waals surface area (Å²) in [5, 5.41) is 3.35. The highest BCUT2D eigenvalue weighted by Gasteiger charge is 2.34. The zero-order chi connectivity index (χ0) is 14.8. The quantitative estimate of drug-likeness (QED) is 0.855. The van der Waals surface area contributed by atoms with E-state index in [1.807, 2.05) is 4.90 Å². The summed E-state index contributed by atoms with van der Waals surface area (Å²) in [5.41, 5.74) is 0. The monoisotopic (exact) mass is 353 g/mol. The van der Waals surface area contributed by atoms with Gasteiger partial charge in [0.2, 0.25) is 11.9 Å². The number of hydrogen-bond donors (Lipinski definition) is 1. The van der Waals surface area contributed by atoms with Gasteiger partial charge in [-0.1, -0.05) is 0 Å². The van der Waals surface area contributed by atoms with Gasteiger partial charge in [-0.05, 0) is 35.8 Å². The van der Waals surface area contributed by atoms with Gasteiger partial charge in [-0.25, -0.2) is 9.97 Å². The van der Waals surface area contributed by atoms with Crippen LogP contribution >= 0.6 is 15.9 Å². The smallest absolute Gasteiger partial charge is 0.227 e. The van der Waals surface area contributed by atoms with Gasteiger partial charge in [-0.15, -0.1) is 0 Å². The fourth-order valence-electron chi connectivity index (χ4n) is 3.03. The molecule has 2 unspecified atom stereocenters. The van der Waals surface area contributed by atoms with Crippen LogP contribution in [0.15, 0.2) is 16.9 Å². The van der Waals surface area contributed by atoms with E-state index in [0.29, 0.717) is 11.9 Å². The highest BCUT2D eigenvalue weighted by atomic mass is 79.9. The fraction of sp³-hybridized carbons (Fsp3) is 0.643. The predicted molar refractivity (Wildman–Crippen MR) is 84.1 cm³/mol. The predicted octanol–water partition coefficient (Wildman–Crippen LogP) is 0.886. The van der Waals surface area contributed by atoms with Gasteiger partial charge in [-0.3, -0.25) is 4.79 Å². The molecule has 1 aromatic heterocycles. The van der Waals surface area contributed by atoms with Gasteiger partial charge < -0.3 is 15.1 Å². The van der Waals surface area contributed by atoms with E-state index in [0.717, 1.165) is 49.6 Å². The number of nitrogens with zero attached hydrogens (tertiary/aromatic N) is 4. The van der Waals surface area contributed by atoms with E-state index in [4.69, 9.17) is 0 Å². The van der Waals surface area contributed by atoms with Crippen molar-refractivity contribution in [3.8, 4) is 0 Å². The molecule has 0 aliphatic carbocycles. The molecule has 1 aromatic rings. The summed E-state index contributed by atoms with van der Waals surface area (Å²) in [7, 11) is 0. The fourth-order valence-corrected chi connectivity index (χ4v) is 3.23. The molecule has 3 heterocycles. The zero-order valence-corrected chi connectivity index (χ0v) is 13.7. The number of halogens is 1. The van der Waals surface area contributed by atoms with E-state index < -0.39 is 0 Å². The minimum absolute atomic E-state index is 0.139. The third kappa shape index (κ3) is 3.18. The molecule has 0 aromatic carbocycles. The molecule has 2 aliphatic heterocycles. The van der Waals surface area contributed by atoms with Crippen molar-refractivity contribution in [3.05, 3.63) is 16.9 Å². The Hall–Kier alpha value is -1.21. The summed E-state index contributed by atoms with van der Waals surface area (Å²) in [5.74, 6) is 1.17. The number of aromatic nitrogens is 2. The minimum atomic E-state index is 0.139. The maximum atomic E-state index is 12.5. The lowest BCUT2D eigenvalue weighted by Crippen LogP contribution is -2.51. The molecule has 2 aliphatic rings. The second-order valence-electron chi connectivity index (χ2n) is 5.65. The van der Waals surface area contributed by atoms with E-state index in [1.165, 1.54) is 0 Å². The van der Waals surface area contributed by atoms with E-state index in [1.54, 1.807) is 12.4 Å². The molecule has 0 bridgehead atoms. The second kappa shape index (κ2) is 6.27. The molecule has 0 saturated carbocycles. The molecule has 1 N–H and O–H groups in total. The van der Waals surface area contributed by atoms with Crippen molar-refractivity contribution in [3.63, 3.8) is 0 Å². The molecule has 2 atom stereocenters. The number of piperazine rings is 1. The number of nitrogens with one attached hydrogen (secondary N) is 1. The Balaban J connectivity index is 1.57. The van der Waals surface area contributed by atoms with E-state index >= 15 is 0 Å². The van der Waals surface area contributed by atoms with Crippen molar-refractivity contribution < 1.29 is 4.79 Å². The van der Waals surface area contributed by atoms with Crippen molar-refractivity contribution in [2.24, 2.45) is 5.92 Å². The summed E-state index contributed by atoms with van der Waals surface area (Å²) in [6.07, 6.45) is 4.47. The van der Waals surface area contributed by atoms with Gasteiger partial charge in [0.05, 0.1) is 10.4 Å². The highest BCUT2D eigenvalue weighted by molar-refractivity contribution is 9.10. The van der Waals surface area contributed by atoms with Gasteiger partial charge in [0.1, 0.15) is 0 Å². The molecule has 2 saturated heterocycles. The van der Waals surface area contributed by atoms with Gasteiger partial charge in [0, 0.05) is 44.6 Å². The van der Waals surface area contributed by atoms with E-state index in [-0.39, 0.29) is 5.92 Å². The van der Waals surface area contributed by atoms with Crippen LogP contribution in [0.4, 0.5) is 5.95 Å². The van der Waals surface area contributed by atoms with Crippen LogP contribution in [0.3, 0.4) is 0 Å². The molecular formula is C14H20BrN5O. The summed E-state index contributed by atoms with van der Waals surface area (Å²) in [4.78, 5) is 25.3. The Bertz CT molecular complexity index is 501. The van der Waals surface area contributed by atoms with Gasteiger partial charge in [0.15, 0.2) is 0 Å².